The molecule has 2 rings (SSSR count). The van der Waals surface area contributed by atoms with Crippen molar-refractivity contribution in [2.75, 3.05) is 5.75 Å². The number of rotatable bonds is 0. The van der Waals surface area contributed by atoms with E-state index in [1.165, 1.54) is 0 Å². The fourth-order valence-electron chi connectivity index (χ4n) is 1.36. The van der Waals surface area contributed by atoms with Crippen LogP contribution in [0, 0.1) is 11.8 Å². The van der Waals surface area contributed by atoms with Crippen molar-refractivity contribution in [3.63, 3.8) is 0 Å². The van der Waals surface area contributed by atoms with E-state index in [1.807, 2.05) is 36.1 Å². The van der Waals surface area contributed by atoms with Gasteiger partial charge >= 0.3 is 0 Å². The van der Waals surface area contributed by atoms with Gasteiger partial charge in [-0.15, -0.1) is 0 Å². The van der Waals surface area contributed by atoms with Gasteiger partial charge in [0.2, 0.25) is 0 Å². The average Bonchev–Trinajstić information content (AvgIpc) is 2.57. The number of hydrogen-bond donors (Lipinski definition) is 1. The first-order valence-electron chi connectivity index (χ1n) is 4.33. The van der Waals surface area contributed by atoms with Crippen LogP contribution >= 0.6 is 12.6 Å². The number of nitrogens with zero attached hydrogens (tertiary/aromatic N) is 2. The summed E-state index contributed by atoms with van der Waals surface area (Å²) >= 11 is 4.04. The maximum Gasteiger partial charge on any atom is 0.0691 e. The molecule has 0 aliphatic heterocycles. The first-order valence-corrected chi connectivity index (χ1v) is 4.96. The lowest BCUT2D eigenvalue weighted by molar-refractivity contribution is 0.797. The minimum Gasteiger partial charge on any atom is -0.268 e. The molecule has 1 aromatic carbocycles. The summed E-state index contributed by atoms with van der Waals surface area (Å²) in [5, 5.41) is 5.31. The molecule has 0 bridgehead atoms. The van der Waals surface area contributed by atoms with Gasteiger partial charge in [0.1, 0.15) is 0 Å². The van der Waals surface area contributed by atoms with Crippen molar-refractivity contribution in [2.24, 2.45) is 7.05 Å². The van der Waals surface area contributed by atoms with Gasteiger partial charge in [0, 0.05) is 18.0 Å². The zero-order valence-corrected chi connectivity index (χ0v) is 8.75. The van der Waals surface area contributed by atoms with E-state index >= 15 is 0 Å². The molecule has 0 radical (unpaired) electrons. The monoisotopic (exact) mass is 202 g/mol. The molecule has 0 amide bonds. The van der Waals surface area contributed by atoms with E-state index in [2.05, 4.69) is 29.6 Å². The van der Waals surface area contributed by atoms with Gasteiger partial charge in [-0.3, -0.25) is 4.68 Å². The van der Waals surface area contributed by atoms with Gasteiger partial charge in [-0.1, -0.05) is 11.8 Å². The molecule has 0 fully saturated rings. The fraction of sp³-hybridized carbons (Fsp3) is 0.182. The SMILES string of the molecule is Cn1ncc2ccc(C#CCS)cc21. The molecule has 2 nitrogen and oxygen atoms in total. The van der Waals surface area contributed by atoms with Crippen LogP contribution in [0.25, 0.3) is 10.9 Å². The second kappa shape index (κ2) is 3.77. The van der Waals surface area contributed by atoms with Crippen molar-refractivity contribution in [3.05, 3.63) is 30.0 Å². The Kier molecular flexibility index (Phi) is 2.47. The van der Waals surface area contributed by atoms with Crippen LogP contribution in [0.1, 0.15) is 5.56 Å². The average molecular weight is 202 g/mol. The van der Waals surface area contributed by atoms with Gasteiger partial charge in [0.15, 0.2) is 0 Å². The molecule has 70 valence electrons. The Balaban J connectivity index is 2.54. The van der Waals surface area contributed by atoms with Gasteiger partial charge in [-0.2, -0.15) is 17.7 Å². The van der Waals surface area contributed by atoms with Crippen LogP contribution in [0.2, 0.25) is 0 Å². The van der Waals surface area contributed by atoms with Crippen LogP contribution in [0.4, 0.5) is 0 Å². The fourth-order valence-corrected chi connectivity index (χ4v) is 1.44. The van der Waals surface area contributed by atoms with Crippen LogP contribution < -0.4 is 0 Å². The lowest BCUT2D eigenvalue weighted by Gasteiger charge is -1.94. The number of thiol groups is 1. The highest BCUT2D eigenvalue weighted by molar-refractivity contribution is 7.80. The van der Waals surface area contributed by atoms with E-state index in [1.54, 1.807) is 0 Å². The normalized spacial score (nSPS) is 9.86. The summed E-state index contributed by atoms with van der Waals surface area (Å²) in [4.78, 5) is 0. The van der Waals surface area contributed by atoms with Crippen molar-refractivity contribution in [1.29, 1.82) is 0 Å². The Labute approximate surface area is 88.3 Å². The van der Waals surface area contributed by atoms with Crippen molar-refractivity contribution >= 4 is 23.5 Å². The summed E-state index contributed by atoms with van der Waals surface area (Å²) in [7, 11) is 1.93. The van der Waals surface area contributed by atoms with E-state index in [9.17, 15) is 0 Å². The molecule has 14 heavy (non-hydrogen) atoms. The topological polar surface area (TPSA) is 17.8 Å². The van der Waals surface area contributed by atoms with Crippen LogP contribution in [0.5, 0.6) is 0 Å². The van der Waals surface area contributed by atoms with Gasteiger partial charge in [-0.25, -0.2) is 0 Å². The molecule has 0 unspecified atom stereocenters. The zero-order chi connectivity index (χ0) is 9.97. The molecular formula is C11H10N2S. The lowest BCUT2D eigenvalue weighted by atomic mass is 10.2. The van der Waals surface area contributed by atoms with Gasteiger partial charge < -0.3 is 0 Å². The first-order chi connectivity index (χ1) is 6.81. The minimum atomic E-state index is 0.587. The Bertz CT molecular complexity index is 517. The highest BCUT2D eigenvalue weighted by Gasteiger charge is 1.98. The predicted molar refractivity (Wildman–Crippen MR) is 61.4 cm³/mol. The molecule has 1 aromatic heterocycles. The van der Waals surface area contributed by atoms with E-state index < -0.39 is 0 Å². The molecule has 1 heterocycles. The number of aromatic nitrogens is 2. The predicted octanol–water partition coefficient (Wildman–Crippen LogP) is 1.85. The Morgan fingerprint density at radius 1 is 1.50 bits per heavy atom. The molecule has 0 N–H and O–H groups in total. The van der Waals surface area contributed by atoms with Crippen molar-refractivity contribution < 1.29 is 0 Å². The Morgan fingerprint density at radius 2 is 2.36 bits per heavy atom. The minimum absolute atomic E-state index is 0.587. The van der Waals surface area contributed by atoms with Crippen molar-refractivity contribution in [1.82, 2.24) is 9.78 Å². The molecule has 0 saturated carbocycles. The molecule has 0 aliphatic carbocycles. The van der Waals surface area contributed by atoms with Gasteiger partial charge in [0.25, 0.3) is 0 Å². The van der Waals surface area contributed by atoms with Crippen LogP contribution in [-0.2, 0) is 7.05 Å². The molecule has 0 aliphatic rings. The standard InChI is InChI=1S/C11H10N2S/c1-13-11-7-9(3-2-6-14)4-5-10(11)8-12-13/h4-5,7-8,14H,6H2,1H3. The summed E-state index contributed by atoms with van der Waals surface area (Å²) in [5.41, 5.74) is 2.12. The number of fused-ring (bicyclic) bond motifs is 1. The summed E-state index contributed by atoms with van der Waals surface area (Å²) < 4.78 is 1.85. The smallest absolute Gasteiger partial charge is 0.0691 e. The third-order valence-electron chi connectivity index (χ3n) is 2.06. The highest BCUT2D eigenvalue weighted by Crippen LogP contribution is 2.13. The second-order valence-electron chi connectivity index (χ2n) is 3.00. The van der Waals surface area contributed by atoms with Crippen LogP contribution in [0.15, 0.2) is 24.4 Å². The van der Waals surface area contributed by atoms with Crippen LogP contribution in [-0.4, -0.2) is 15.5 Å². The highest BCUT2D eigenvalue weighted by atomic mass is 32.1. The molecular weight excluding hydrogens is 192 g/mol. The Hall–Kier alpha value is -1.40. The summed E-state index contributed by atoms with van der Waals surface area (Å²) in [6.07, 6.45) is 1.85. The van der Waals surface area contributed by atoms with E-state index in [0.29, 0.717) is 5.75 Å². The van der Waals surface area contributed by atoms with Crippen LogP contribution in [0.3, 0.4) is 0 Å². The number of aryl methyl sites for hydroxylation is 1. The summed E-state index contributed by atoms with van der Waals surface area (Å²) in [6, 6.07) is 6.07. The van der Waals surface area contributed by atoms with E-state index in [0.717, 1.165) is 16.5 Å². The summed E-state index contributed by atoms with van der Waals surface area (Å²) in [5.74, 6) is 6.55. The van der Waals surface area contributed by atoms with Gasteiger partial charge in [0.05, 0.1) is 17.5 Å². The molecule has 0 saturated heterocycles. The van der Waals surface area contributed by atoms with Crippen molar-refractivity contribution in [3.8, 4) is 11.8 Å². The number of hydrogen-bond acceptors (Lipinski definition) is 2. The Morgan fingerprint density at radius 3 is 3.14 bits per heavy atom. The molecule has 2 aromatic rings. The summed E-state index contributed by atoms with van der Waals surface area (Å²) in [6.45, 7) is 0. The largest absolute Gasteiger partial charge is 0.268 e. The zero-order valence-electron chi connectivity index (χ0n) is 7.86. The maximum atomic E-state index is 4.17. The lowest BCUT2D eigenvalue weighted by Crippen LogP contribution is -1.88. The second-order valence-corrected chi connectivity index (χ2v) is 3.32. The quantitative estimate of drug-likeness (QED) is 0.510. The van der Waals surface area contributed by atoms with Gasteiger partial charge in [-0.05, 0) is 18.2 Å². The molecule has 0 atom stereocenters. The van der Waals surface area contributed by atoms with E-state index in [-0.39, 0.29) is 0 Å². The molecule has 3 heteroatoms. The first kappa shape index (κ1) is 9.17. The molecule has 0 spiro atoms. The third kappa shape index (κ3) is 1.61. The third-order valence-corrected chi connectivity index (χ3v) is 2.22. The van der Waals surface area contributed by atoms with Crippen molar-refractivity contribution in [2.45, 2.75) is 0 Å². The maximum absolute atomic E-state index is 4.17. The van der Waals surface area contributed by atoms with E-state index in [4.69, 9.17) is 0 Å². The number of benzene rings is 1.